The number of amides is 2. The third-order valence-electron chi connectivity index (χ3n) is 6.28. The van der Waals surface area contributed by atoms with Crippen LogP contribution in [-0.2, 0) is 4.79 Å². The summed E-state index contributed by atoms with van der Waals surface area (Å²) in [6, 6.07) is 7.84. The van der Waals surface area contributed by atoms with Crippen LogP contribution in [0.2, 0.25) is 0 Å². The molecule has 2 saturated carbocycles. The number of nitrogens with one attached hydrogen (secondary N) is 2. The largest absolute Gasteiger partial charge is 0.349 e. The smallest absolute Gasteiger partial charge is 0.251 e. The third-order valence-corrected chi connectivity index (χ3v) is 7.22. The number of anilines is 2. The quantitative estimate of drug-likeness (QED) is 0.594. The molecule has 1 aromatic heterocycles. The van der Waals surface area contributed by atoms with Crippen molar-refractivity contribution in [3.63, 3.8) is 0 Å². The Morgan fingerprint density at radius 2 is 1.88 bits per heavy atom. The minimum absolute atomic E-state index is 0.0878. The van der Waals surface area contributed by atoms with Gasteiger partial charge in [-0.2, -0.15) is 0 Å². The first-order chi connectivity index (χ1) is 15.6. The Morgan fingerprint density at radius 3 is 2.59 bits per heavy atom. The zero-order valence-electron chi connectivity index (χ0n) is 18.4. The van der Waals surface area contributed by atoms with Gasteiger partial charge in [-0.15, -0.1) is 10.2 Å². The highest BCUT2D eigenvalue weighted by atomic mass is 32.2. The van der Waals surface area contributed by atoms with Crippen LogP contribution < -0.4 is 15.5 Å². The number of hydrogen-bond acceptors (Lipinski definition) is 6. The van der Waals surface area contributed by atoms with Crippen molar-refractivity contribution in [1.82, 2.24) is 20.1 Å². The molecule has 8 nitrogen and oxygen atoms in total. The molecule has 5 rings (SSSR count). The van der Waals surface area contributed by atoms with E-state index >= 15 is 0 Å². The van der Waals surface area contributed by atoms with Crippen molar-refractivity contribution < 1.29 is 9.59 Å². The molecule has 2 amide bonds. The van der Waals surface area contributed by atoms with Crippen molar-refractivity contribution in [3.05, 3.63) is 29.8 Å². The van der Waals surface area contributed by atoms with E-state index in [0.29, 0.717) is 23.3 Å². The Labute approximate surface area is 192 Å². The molecule has 170 valence electrons. The average Bonchev–Trinajstić information content (AvgIpc) is 3.73. The summed E-state index contributed by atoms with van der Waals surface area (Å²) in [5, 5.41) is 15.6. The highest BCUT2D eigenvalue weighted by molar-refractivity contribution is 7.99. The molecule has 2 aromatic rings. The molecule has 9 heteroatoms. The summed E-state index contributed by atoms with van der Waals surface area (Å²) < 4.78 is 2.23. The molecular formula is C23H30N6O2S. The number of rotatable bonds is 8. The Kier molecular flexibility index (Phi) is 6.08. The Balaban J connectivity index is 1.20. The number of thioether (sulfide) groups is 1. The fourth-order valence-electron chi connectivity index (χ4n) is 4.01. The normalized spacial score (nSPS) is 19.1. The maximum atomic E-state index is 12.6. The Morgan fingerprint density at radius 1 is 1.09 bits per heavy atom. The van der Waals surface area contributed by atoms with E-state index in [4.69, 9.17) is 0 Å². The standard InChI is InChI=1S/C23H30N6O2S/c1-15-9-11-28(12-10-15)22-26-27-23(29(22)19-7-8-19)32-14-20(30)24-18-4-2-3-16(13-18)21(31)25-17-5-6-17/h2-4,13,15,17,19H,5-12,14H2,1H3,(H,24,30)(H,25,31). The van der Waals surface area contributed by atoms with Crippen LogP contribution in [-0.4, -0.2) is 51.5 Å². The highest BCUT2D eigenvalue weighted by Crippen LogP contribution is 2.41. The van der Waals surface area contributed by atoms with Crippen LogP contribution in [0.25, 0.3) is 0 Å². The van der Waals surface area contributed by atoms with Crippen molar-refractivity contribution in [2.24, 2.45) is 5.92 Å². The predicted octanol–water partition coefficient (Wildman–Crippen LogP) is 3.47. The number of hydrogen-bond donors (Lipinski definition) is 2. The van der Waals surface area contributed by atoms with E-state index in [0.717, 1.165) is 55.8 Å². The Hall–Kier alpha value is -2.55. The second-order valence-electron chi connectivity index (χ2n) is 9.22. The lowest BCUT2D eigenvalue weighted by Crippen LogP contribution is -2.34. The van der Waals surface area contributed by atoms with Gasteiger partial charge < -0.3 is 15.5 Å². The van der Waals surface area contributed by atoms with E-state index < -0.39 is 0 Å². The molecule has 0 bridgehead atoms. The summed E-state index contributed by atoms with van der Waals surface area (Å²) in [5.41, 5.74) is 1.20. The highest BCUT2D eigenvalue weighted by Gasteiger charge is 2.32. The molecular weight excluding hydrogens is 424 g/mol. The molecule has 2 aliphatic carbocycles. The maximum Gasteiger partial charge on any atom is 0.251 e. The van der Waals surface area contributed by atoms with Crippen molar-refractivity contribution in [2.45, 2.75) is 62.7 Å². The topological polar surface area (TPSA) is 92.2 Å². The molecule has 3 fully saturated rings. The number of carbonyl (C=O) groups excluding carboxylic acids is 2. The molecule has 0 radical (unpaired) electrons. The molecule has 2 heterocycles. The molecule has 0 unspecified atom stereocenters. The summed E-state index contributed by atoms with van der Waals surface area (Å²) in [6.45, 7) is 4.34. The lowest BCUT2D eigenvalue weighted by atomic mass is 10.00. The second kappa shape index (κ2) is 9.13. The summed E-state index contributed by atoms with van der Waals surface area (Å²) in [4.78, 5) is 27.2. The monoisotopic (exact) mass is 454 g/mol. The van der Waals surface area contributed by atoms with E-state index in [1.165, 1.54) is 24.6 Å². The number of nitrogens with zero attached hydrogens (tertiary/aromatic N) is 4. The SMILES string of the molecule is CC1CCN(c2nnc(SCC(=O)Nc3cccc(C(=O)NC4CC4)c3)n2C2CC2)CC1. The third kappa shape index (κ3) is 5.09. The van der Waals surface area contributed by atoms with Crippen molar-refractivity contribution in [2.75, 3.05) is 29.1 Å². The molecule has 0 atom stereocenters. The van der Waals surface area contributed by atoms with Gasteiger partial charge >= 0.3 is 0 Å². The minimum Gasteiger partial charge on any atom is -0.349 e. The van der Waals surface area contributed by atoms with Gasteiger partial charge in [0.1, 0.15) is 0 Å². The zero-order chi connectivity index (χ0) is 22.1. The number of piperidine rings is 1. The van der Waals surface area contributed by atoms with Gasteiger partial charge in [0.2, 0.25) is 11.9 Å². The average molecular weight is 455 g/mol. The summed E-state index contributed by atoms with van der Waals surface area (Å²) >= 11 is 1.43. The van der Waals surface area contributed by atoms with Gasteiger partial charge in [-0.25, -0.2) is 0 Å². The van der Waals surface area contributed by atoms with Gasteiger partial charge in [0.15, 0.2) is 5.16 Å². The van der Waals surface area contributed by atoms with E-state index in [1.54, 1.807) is 24.3 Å². The summed E-state index contributed by atoms with van der Waals surface area (Å²) in [7, 11) is 0. The lowest BCUT2D eigenvalue weighted by molar-refractivity contribution is -0.113. The summed E-state index contributed by atoms with van der Waals surface area (Å²) in [5.74, 6) is 1.76. The lowest BCUT2D eigenvalue weighted by Gasteiger charge is -2.31. The van der Waals surface area contributed by atoms with Gasteiger partial charge in [0.05, 0.1) is 5.75 Å². The molecule has 1 aromatic carbocycles. The first kappa shape index (κ1) is 21.3. The molecule has 2 N–H and O–H groups in total. The van der Waals surface area contributed by atoms with E-state index in [9.17, 15) is 9.59 Å². The van der Waals surface area contributed by atoms with Gasteiger partial charge in [0, 0.05) is 36.4 Å². The van der Waals surface area contributed by atoms with Gasteiger partial charge in [-0.1, -0.05) is 24.8 Å². The van der Waals surface area contributed by atoms with Crippen LogP contribution in [0.15, 0.2) is 29.4 Å². The molecule has 32 heavy (non-hydrogen) atoms. The molecule has 0 spiro atoms. The molecule has 3 aliphatic rings. The fraction of sp³-hybridized carbons (Fsp3) is 0.565. The van der Waals surface area contributed by atoms with Crippen LogP contribution in [0.3, 0.4) is 0 Å². The maximum absolute atomic E-state index is 12.6. The summed E-state index contributed by atoms with van der Waals surface area (Å²) in [6.07, 6.45) is 6.74. The minimum atomic E-state index is -0.117. The fourth-order valence-corrected chi connectivity index (χ4v) is 4.81. The van der Waals surface area contributed by atoms with Crippen molar-refractivity contribution in [1.29, 1.82) is 0 Å². The van der Waals surface area contributed by atoms with Gasteiger partial charge in [0.25, 0.3) is 5.91 Å². The first-order valence-corrected chi connectivity index (χ1v) is 12.6. The predicted molar refractivity (Wildman–Crippen MR) is 125 cm³/mol. The van der Waals surface area contributed by atoms with Crippen LogP contribution in [0.5, 0.6) is 0 Å². The van der Waals surface area contributed by atoms with E-state index in [-0.39, 0.29) is 17.6 Å². The zero-order valence-corrected chi connectivity index (χ0v) is 19.2. The molecule has 1 aliphatic heterocycles. The molecule has 1 saturated heterocycles. The van der Waals surface area contributed by atoms with Gasteiger partial charge in [-0.05, 0) is 62.6 Å². The van der Waals surface area contributed by atoms with Crippen LogP contribution in [0.1, 0.15) is 61.8 Å². The van der Waals surface area contributed by atoms with Crippen LogP contribution in [0.4, 0.5) is 11.6 Å². The number of aromatic nitrogens is 3. The number of benzene rings is 1. The Bertz CT molecular complexity index is 992. The number of carbonyl (C=O) groups is 2. The first-order valence-electron chi connectivity index (χ1n) is 11.6. The van der Waals surface area contributed by atoms with Crippen molar-refractivity contribution >= 4 is 35.2 Å². The van der Waals surface area contributed by atoms with Crippen molar-refractivity contribution in [3.8, 4) is 0 Å². The van der Waals surface area contributed by atoms with Gasteiger partial charge in [-0.3, -0.25) is 14.2 Å². The van der Waals surface area contributed by atoms with E-state index in [1.807, 2.05) is 0 Å². The van der Waals surface area contributed by atoms with Crippen LogP contribution in [0, 0.1) is 5.92 Å². The van der Waals surface area contributed by atoms with E-state index in [2.05, 4.69) is 37.2 Å². The second-order valence-corrected chi connectivity index (χ2v) is 10.2. The van der Waals surface area contributed by atoms with Crippen LogP contribution >= 0.6 is 11.8 Å².